The lowest BCUT2D eigenvalue weighted by atomic mass is 9.72. The van der Waals surface area contributed by atoms with E-state index in [1.165, 1.54) is 63.6 Å². The van der Waals surface area contributed by atoms with Crippen LogP contribution in [0.2, 0.25) is 0 Å². The van der Waals surface area contributed by atoms with Crippen molar-refractivity contribution in [2.45, 2.75) is 89.2 Å². The van der Waals surface area contributed by atoms with Crippen LogP contribution >= 0.6 is 0 Å². The molecule has 3 aliphatic rings. The fourth-order valence-electron chi connectivity index (χ4n) is 5.42. The van der Waals surface area contributed by atoms with Gasteiger partial charge in [-0.25, -0.2) is 4.79 Å². The zero-order valence-electron chi connectivity index (χ0n) is 20.6. The summed E-state index contributed by atoms with van der Waals surface area (Å²) in [6, 6.07) is 19.4. The molecule has 178 valence electrons. The Morgan fingerprint density at radius 3 is 2.27 bits per heavy atom. The van der Waals surface area contributed by atoms with Gasteiger partial charge in [-0.3, -0.25) is 4.90 Å². The van der Waals surface area contributed by atoms with Crippen LogP contribution in [0.5, 0.6) is 0 Å². The Labute approximate surface area is 199 Å². The van der Waals surface area contributed by atoms with Crippen LogP contribution in [-0.2, 0) is 17.6 Å². The number of primary amides is 1. The molecule has 5 rings (SSSR count). The number of fused-ring (bicyclic) bond motifs is 1. The van der Waals surface area contributed by atoms with E-state index in [-0.39, 0.29) is 0 Å². The average molecular weight is 449 g/mol. The summed E-state index contributed by atoms with van der Waals surface area (Å²) in [6.07, 6.45) is 8.70. The molecule has 2 fully saturated rings. The van der Waals surface area contributed by atoms with Crippen molar-refractivity contribution in [3.63, 3.8) is 0 Å². The highest BCUT2D eigenvalue weighted by molar-refractivity contribution is 5.65. The maximum atomic E-state index is 10.0. The molecule has 1 aliphatic heterocycles. The summed E-state index contributed by atoms with van der Waals surface area (Å²) in [7, 11) is 0. The van der Waals surface area contributed by atoms with Gasteiger partial charge in [0.1, 0.15) is 5.60 Å². The van der Waals surface area contributed by atoms with Crippen molar-refractivity contribution in [3.8, 4) is 0 Å². The van der Waals surface area contributed by atoms with Crippen molar-refractivity contribution in [1.29, 1.82) is 0 Å². The van der Waals surface area contributed by atoms with E-state index in [1.54, 1.807) is 37.5 Å². The summed E-state index contributed by atoms with van der Waals surface area (Å²) in [5, 5.41) is 0. The van der Waals surface area contributed by atoms with Crippen LogP contribution in [0.15, 0.2) is 48.5 Å². The number of carbonyl (C=O) groups excluding carboxylic acids is 1. The number of nitrogens with zero attached hydrogens (tertiary/aromatic N) is 1. The number of ether oxygens (including phenoxy) is 1. The van der Waals surface area contributed by atoms with Crippen molar-refractivity contribution in [2.24, 2.45) is 5.73 Å². The second-order valence-corrected chi connectivity index (χ2v) is 10.9. The van der Waals surface area contributed by atoms with Gasteiger partial charge in [-0.15, -0.1) is 0 Å². The molecule has 33 heavy (non-hydrogen) atoms. The molecule has 2 atom stereocenters. The van der Waals surface area contributed by atoms with Crippen LogP contribution < -0.4 is 5.73 Å². The number of carbonyl (C=O) groups is 1. The molecule has 1 saturated carbocycles. The SMILES string of the molecule is CC(C)(C)OC(N)=O.c1ccc(CC2c3cc(C4CCC4)ccc3CCC2N2CCC2)cc1. The topological polar surface area (TPSA) is 55.6 Å². The van der Waals surface area contributed by atoms with Crippen molar-refractivity contribution >= 4 is 6.09 Å². The van der Waals surface area contributed by atoms with Gasteiger partial charge >= 0.3 is 6.09 Å². The fourth-order valence-corrected chi connectivity index (χ4v) is 5.42. The molecular formula is C29H40N2O2. The summed E-state index contributed by atoms with van der Waals surface area (Å²) in [5.41, 5.74) is 10.7. The highest BCUT2D eigenvalue weighted by Gasteiger charge is 2.36. The minimum absolute atomic E-state index is 0.453. The smallest absolute Gasteiger partial charge is 0.405 e. The summed E-state index contributed by atoms with van der Waals surface area (Å²) in [6.45, 7) is 7.91. The summed E-state index contributed by atoms with van der Waals surface area (Å²) >= 11 is 0. The van der Waals surface area contributed by atoms with Gasteiger partial charge in [0, 0.05) is 12.0 Å². The molecule has 1 amide bonds. The quantitative estimate of drug-likeness (QED) is 0.607. The van der Waals surface area contributed by atoms with E-state index in [1.807, 2.05) is 0 Å². The molecule has 4 nitrogen and oxygen atoms in total. The third-order valence-electron chi connectivity index (χ3n) is 7.38. The highest BCUT2D eigenvalue weighted by atomic mass is 16.6. The molecule has 0 radical (unpaired) electrons. The average Bonchev–Trinajstić information content (AvgIpc) is 2.66. The normalized spacial score (nSPS) is 22.8. The molecule has 2 unspecified atom stereocenters. The predicted molar refractivity (Wildman–Crippen MR) is 135 cm³/mol. The number of hydrogen-bond acceptors (Lipinski definition) is 3. The van der Waals surface area contributed by atoms with Gasteiger partial charge in [0.05, 0.1) is 0 Å². The molecule has 2 aromatic carbocycles. The zero-order valence-corrected chi connectivity index (χ0v) is 20.6. The number of benzene rings is 2. The monoisotopic (exact) mass is 448 g/mol. The third-order valence-corrected chi connectivity index (χ3v) is 7.38. The maximum Gasteiger partial charge on any atom is 0.405 e. The minimum Gasteiger partial charge on any atom is -0.444 e. The molecule has 2 aromatic rings. The molecule has 4 heteroatoms. The van der Waals surface area contributed by atoms with Crippen LogP contribution in [0.4, 0.5) is 4.79 Å². The van der Waals surface area contributed by atoms with E-state index < -0.39 is 11.7 Å². The molecule has 0 spiro atoms. The Morgan fingerprint density at radius 2 is 1.76 bits per heavy atom. The lowest BCUT2D eigenvalue weighted by molar-refractivity contribution is 0.0600. The first-order valence-electron chi connectivity index (χ1n) is 12.7. The molecule has 1 saturated heterocycles. The number of amides is 1. The summed E-state index contributed by atoms with van der Waals surface area (Å²) in [5.74, 6) is 1.51. The first-order chi connectivity index (χ1) is 15.8. The van der Waals surface area contributed by atoms with Gasteiger partial charge in [-0.1, -0.05) is 55.0 Å². The van der Waals surface area contributed by atoms with Crippen LogP contribution in [-0.4, -0.2) is 35.7 Å². The molecule has 2 N–H and O–H groups in total. The zero-order chi connectivity index (χ0) is 23.4. The van der Waals surface area contributed by atoms with Crippen molar-refractivity contribution in [2.75, 3.05) is 13.1 Å². The van der Waals surface area contributed by atoms with E-state index in [0.29, 0.717) is 5.92 Å². The lowest BCUT2D eigenvalue weighted by Gasteiger charge is -2.46. The molecule has 2 aliphatic carbocycles. The number of rotatable bonds is 4. The Bertz CT molecular complexity index is 926. The van der Waals surface area contributed by atoms with E-state index >= 15 is 0 Å². The molecule has 0 aromatic heterocycles. The molecule has 0 bridgehead atoms. The number of hydrogen-bond donors (Lipinski definition) is 1. The summed E-state index contributed by atoms with van der Waals surface area (Å²) < 4.78 is 4.58. The van der Waals surface area contributed by atoms with Gasteiger partial charge < -0.3 is 10.5 Å². The van der Waals surface area contributed by atoms with Crippen LogP contribution in [0.25, 0.3) is 0 Å². The second kappa shape index (κ2) is 10.3. The van der Waals surface area contributed by atoms with E-state index in [4.69, 9.17) is 5.73 Å². The van der Waals surface area contributed by atoms with E-state index in [0.717, 1.165) is 12.0 Å². The van der Waals surface area contributed by atoms with Crippen LogP contribution in [0, 0.1) is 0 Å². The van der Waals surface area contributed by atoms with Gasteiger partial charge in [-0.05, 0) is 101 Å². The van der Waals surface area contributed by atoms with Crippen LogP contribution in [0.1, 0.15) is 87.0 Å². The standard InChI is InChI=1S/C24H29N.C5H11NO2/c1-2-6-18(7-3-1)16-23-22-17-21(19-8-4-9-19)11-10-20(22)12-13-24(23)25-14-5-15-25;1-5(2,3)8-4(6)7/h1-3,6-7,10-11,17,19,23-24H,4-5,8-9,12-16H2;1-3H3,(H2,6,7). The van der Waals surface area contributed by atoms with Gasteiger partial charge in [0.15, 0.2) is 0 Å². The number of aryl methyl sites for hydroxylation is 1. The third kappa shape index (κ3) is 6.17. The highest BCUT2D eigenvalue weighted by Crippen LogP contribution is 2.42. The van der Waals surface area contributed by atoms with E-state index in [9.17, 15) is 4.79 Å². The number of likely N-dealkylation sites (tertiary alicyclic amines) is 1. The van der Waals surface area contributed by atoms with Crippen molar-refractivity contribution in [3.05, 3.63) is 70.8 Å². The van der Waals surface area contributed by atoms with Crippen LogP contribution in [0.3, 0.4) is 0 Å². The van der Waals surface area contributed by atoms with Crippen molar-refractivity contribution < 1.29 is 9.53 Å². The van der Waals surface area contributed by atoms with Gasteiger partial charge in [0.25, 0.3) is 0 Å². The molecule has 1 heterocycles. The fraction of sp³-hybridized carbons (Fsp3) is 0.552. The number of nitrogens with two attached hydrogens (primary N) is 1. The first-order valence-corrected chi connectivity index (χ1v) is 12.7. The Balaban J connectivity index is 0.000000281. The first kappa shape index (κ1) is 23.8. The Hall–Kier alpha value is -2.33. The molecular weight excluding hydrogens is 408 g/mol. The van der Waals surface area contributed by atoms with Crippen molar-refractivity contribution in [1.82, 2.24) is 4.90 Å². The minimum atomic E-state index is -0.725. The largest absolute Gasteiger partial charge is 0.444 e. The van der Waals surface area contributed by atoms with Gasteiger partial charge in [0.2, 0.25) is 0 Å². The maximum absolute atomic E-state index is 10.0. The predicted octanol–water partition coefficient (Wildman–Crippen LogP) is 6.18. The lowest BCUT2D eigenvalue weighted by Crippen LogP contribution is -2.49. The van der Waals surface area contributed by atoms with Gasteiger partial charge in [-0.2, -0.15) is 0 Å². The van der Waals surface area contributed by atoms with E-state index in [2.05, 4.69) is 58.2 Å². The Morgan fingerprint density at radius 1 is 1.03 bits per heavy atom. The summed E-state index contributed by atoms with van der Waals surface area (Å²) in [4.78, 5) is 12.8. The Kier molecular flexibility index (Phi) is 7.43. The second-order valence-electron chi connectivity index (χ2n) is 10.9.